The third kappa shape index (κ3) is 2.73. The monoisotopic (exact) mass is 282 g/mol. The third-order valence-corrected chi connectivity index (χ3v) is 2.92. The van der Waals surface area contributed by atoms with Crippen LogP contribution >= 0.6 is 0 Å². The van der Waals surface area contributed by atoms with Gasteiger partial charge < -0.3 is 5.11 Å². The maximum absolute atomic E-state index is 10.5. The van der Waals surface area contributed by atoms with E-state index in [0.717, 1.165) is 11.0 Å². The van der Waals surface area contributed by atoms with Crippen molar-refractivity contribution in [2.75, 3.05) is 0 Å². The minimum atomic E-state index is -0.917. The Hall–Kier alpha value is -3.16. The van der Waals surface area contributed by atoms with E-state index in [4.69, 9.17) is 5.11 Å². The number of H-pyrrole nitrogens is 1. The number of aromatic nitrogens is 3. The van der Waals surface area contributed by atoms with Crippen LogP contribution in [-0.2, 0) is 4.79 Å². The Kier molecular flexibility index (Phi) is 3.34. The molecule has 0 radical (unpaired) electrons. The molecule has 8 heteroatoms. The molecule has 2 heterocycles. The SMILES string of the molecule is O=C(O)C1=CC=C2N=NN=C2C1.c1ccc2[nH]nnc2c1. The normalized spacial score (nSPS) is 15.5. The Bertz CT molecular complexity index is 785. The molecule has 2 aliphatic rings. The van der Waals surface area contributed by atoms with Gasteiger partial charge in [-0.2, -0.15) is 0 Å². The van der Waals surface area contributed by atoms with Crippen molar-refractivity contribution in [2.24, 2.45) is 15.4 Å². The van der Waals surface area contributed by atoms with E-state index in [0.29, 0.717) is 23.4 Å². The molecule has 1 aliphatic heterocycles. The van der Waals surface area contributed by atoms with Gasteiger partial charge in [-0.3, -0.25) is 5.10 Å². The predicted molar refractivity (Wildman–Crippen MR) is 74.6 cm³/mol. The van der Waals surface area contributed by atoms with Gasteiger partial charge in [0.05, 0.1) is 11.2 Å². The molecule has 0 bridgehead atoms. The summed E-state index contributed by atoms with van der Waals surface area (Å²) in [5.74, 6) is -0.917. The molecular weight excluding hydrogens is 272 g/mol. The average Bonchev–Trinajstić information content (AvgIpc) is 3.15. The highest BCUT2D eigenvalue weighted by molar-refractivity contribution is 6.08. The Labute approximate surface area is 118 Å². The van der Waals surface area contributed by atoms with E-state index in [1.54, 1.807) is 6.08 Å². The number of nitrogens with zero attached hydrogens (tertiary/aromatic N) is 5. The van der Waals surface area contributed by atoms with Gasteiger partial charge in [0.1, 0.15) is 11.2 Å². The smallest absolute Gasteiger partial charge is 0.331 e. The molecule has 2 aromatic rings. The van der Waals surface area contributed by atoms with E-state index in [-0.39, 0.29) is 0 Å². The molecular formula is C13H10N6O2. The zero-order chi connectivity index (χ0) is 14.7. The van der Waals surface area contributed by atoms with Crippen LogP contribution in [0.3, 0.4) is 0 Å². The number of hydrogen-bond acceptors (Lipinski definition) is 6. The molecule has 8 nitrogen and oxygen atoms in total. The molecule has 1 aromatic heterocycles. The van der Waals surface area contributed by atoms with Crippen molar-refractivity contribution >= 4 is 22.7 Å². The first-order valence-electron chi connectivity index (χ1n) is 6.12. The third-order valence-electron chi connectivity index (χ3n) is 2.92. The van der Waals surface area contributed by atoms with Crippen LogP contribution < -0.4 is 0 Å². The van der Waals surface area contributed by atoms with Gasteiger partial charge in [0.2, 0.25) is 0 Å². The molecule has 0 amide bonds. The number of aliphatic carboxylic acids is 1. The first-order chi connectivity index (χ1) is 10.2. The van der Waals surface area contributed by atoms with E-state index < -0.39 is 5.97 Å². The lowest BCUT2D eigenvalue weighted by molar-refractivity contribution is -0.132. The number of carbonyl (C=O) groups is 1. The zero-order valence-corrected chi connectivity index (χ0v) is 10.8. The average molecular weight is 282 g/mol. The van der Waals surface area contributed by atoms with Crippen LogP contribution in [0.1, 0.15) is 6.42 Å². The summed E-state index contributed by atoms with van der Waals surface area (Å²) in [4.78, 5) is 10.5. The number of aromatic amines is 1. The number of para-hydroxylation sites is 1. The highest BCUT2D eigenvalue weighted by Gasteiger charge is 2.20. The fourth-order valence-electron chi connectivity index (χ4n) is 1.84. The topological polar surface area (TPSA) is 116 Å². The second-order valence-corrected chi connectivity index (χ2v) is 4.29. The van der Waals surface area contributed by atoms with Gasteiger partial charge in [-0.25, -0.2) is 4.79 Å². The van der Waals surface area contributed by atoms with Gasteiger partial charge in [-0.05, 0) is 29.5 Å². The highest BCUT2D eigenvalue weighted by atomic mass is 16.4. The predicted octanol–water partition coefficient (Wildman–Crippen LogP) is 2.06. The van der Waals surface area contributed by atoms with Crippen LogP contribution in [0.15, 0.2) is 63.1 Å². The lowest BCUT2D eigenvalue weighted by Crippen LogP contribution is -2.10. The molecule has 1 aromatic carbocycles. The first kappa shape index (κ1) is 12.9. The summed E-state index contributed by atoms with van der Waals surface area (Å²) in [6, 6.07) is 7.74. The maximum atomic E-state index is 10.5. The van der Waals surface area contributed by atoms with Crippen LogP contribution in [0.25, 0.3) is 11.0 Å². The number of rotatable bonds is 1. The molecule has 0 saturated heterocycles. The number of carboxylic acid groups (broad SMARTS) is 1. The lowest BCUT2D eigenvalue weighted by atomic mass is 10.0. The summed E-state index contributed by atoms with van der Waals surface area (Å²) in [7, 11) is 0. The zero-order valence-electron chi connectivity index (χ0n) is 10.8. The van der Waals surface area contributed by atoms with E-state index >= 15 is 0 Å². The molecule has 0 atom stereocenters. The summed E-state index contributed by atoms with van der Waals surface area (Å²) >= 11 is 0. The van der Waals surface area contributed by atoms with Gasteiger partial charge in [0, 0.05) is 12.0 Å². The fourth-order valence-corrected chi connectivity index (χ4v) is 1.84. The number of nitrogens with one attached hydrogen (secondary N) is 1. The minimum absolute atomic E-state index is 0.314. The van der Waals surface area contributed by atoms with Crippen molar-refractivity contribution in [3.8, 4) is 0 Å². The van der Waals surface area contributed by atoms with Gasteiger partial charge in [-0.15, -0.1) is 15.3 Å². The maximum Gasteiger partial charge on any atom is 0.331 e. The minimum Gasteiger partial charge on any atom is -0.478 e. The molecule has 104 valence electrons. The van der Waals surface area contributed by atoms with E-state index in [9.17, 15) is 4.79 Å². The summed E-state index contributed by atoms with van der Waals surface area (Å²) in [6.45, 7) is 0. The van der Waals surface area contributed by atoms with E-state index in [1.807, 2.05) is 24.3 Å². The molecule has 21 heavy (non-hydrogen) atoms. The van der Waals surface area contributed by atoms with Crippen LogP contribution in [-0.4, -0.2) is 32.2 Å². The summed E-state index contributed by atoms with van der Waals surface area (Å²) in [5.41, 5.74) is 3.52. The van der Waals surface area contributed by atoms with Crippen molar-refractivity contribution in [1.82, 2.24) is 15.4 Å². The Morgan fingerprint density at radius 3 is 2.90 bits per heavy atom. The Balaban J connectivity index is 0.000000131. The van der Waals surface area contributed by atoms with Crippen molar-refractivity contribution in [3.63, 3.8) is 0 Å². The molecule has 0 fully saturated rings. The first-order valence-corrected chi connectivity index (χ1v) is 6.12. The van der Waals surface area contributed by atoms with Gasteiger partial charge in [0.25, 0.3) is 0 Å². The van der Waals surface area contributed by atoms with Crippen molar-refractivity contribution in [3.05, 3.63) is 47.7 Å². The number of allylic oxidation sites excluding steroid dienone is 3. The summed E-state index contributed by atoms with van der Waals surface area (Å²) in [5, 5.41) is 29.7. The van der Waals surface area contributed by atoms with Crippen molar-refractivity contribution in [1.29, 1.82) is 0 Å². The van der Waals surface area contributed by atoms with Crippen molar-refractivity contribution < 1.29 is 9.90 Å². The molecule has 0 spiro atoms. The Morgan fingerprint density at radius 1 is 1.24 bits per heavy atom. The largest absolute Gasteiger partial charge is 0.478 e. The second kappa shape index (κ2) is 5.45. The number of carboxylic acids is 1. The Morgan fingerprint density at radius 2 is 2.10 bits per heavy atom. The van der Waals surface area contributed by atoms with Crippen molar-refractivity contribution in [2.45, 2.75) is 6.42 Å². The molecule has 1 aliphatic carbocycles. The molecule has 0 unspecified atom stereocenters. The highest BCUT2D eigenvalue weighted by Crippen LogP contribution is 2.21. The summed E-state index contributed by atoms with van der Waals surface area (Å²) in [6.07, 6.45) is 3.46. The van der Waals surface area contributed by atoms with Gasteiger partial charge in [-0.1, -0.05) is 17.3 Å². The van der Waals surface area contributed by atoms with E-state index in [2.05, 4.69) is 30.8 Å². The van der Waals surface area contributed by atoms with Crippen LogP contribution in [0, 0.1) is 0 Å². The molecule has 2 N–H and O–H groups in total. The van der Waals surface area contributed by atoms with Crippen LogP contribution in [0.5, 0.6) is 0 Å². The van der Waals surface area contributed by atoms with Gasteiger partial charge >= 0.3 is 5.97 Å². The van der Waals surface area contributed by atoms with Gasteiger partial charge in [0.15, 0.2) is 0 Å². The second-order valence-electron chi connectivity index (χ2n) is 4.29. The quantitative estimate of drug-likeness (QED) is 0.832. The standard InChI is InChI=1S/C7H5N3O2.C6H5N3/c11-7(12)4-1-2-5-6(3-4)9-10-8-5;1-2-4-6-5(3-1)7-9-8-6/h1-2H,3H2,(H,11,12);1-4H,(H,7,8,9). The van der Waals surface area contributed by atoms with Crippen LogP contribution in [0.2, 0.25) is 0 Å². The van der Waals surface area contributed by atoms with Crippen LogP contribution in [0.4, 0.5) is 0 Å². The molecule has 4 rings (SSSR count). The molecule has 0 saturated carbocycles. The summed E-state index contributed by atoms with van der Waals surface area (Å²) < 4.78 is 0. The number of fused-ring (bicyclic) bond motifs is 2. The number of benzene rings is 1. The fraction of sp³-hybridized carbons (Fsp3) is 0.0769. The number of hydrogen-bond donors (Lipinski definition) is 2. The lowest BCUT2D eigenvalue weighted by Gasteiger charge is -2.05. The van der Waals surface area contributed by atoms with E-state index in [1.165, 1.54) is 6.08 Å².